The van der Waals surface area contributed by atoms with E-state index in [2.05, 4.69) is 20.4 Å². The maximum absolute atomic E-state index is 10.7. The van der Waals surface area contributed by atoms with E-state index < -0.39 is 5.60 Å². The first-order valence-electron chi connectivity index (χ1n) is 9.34. The molecule has 2 fully saturated rings. The van der Waals surface area contributed by atoms with E-state index in [0.717, 1.165) is 43.9 Å². The lowest BCUT2D eigenvalue weighted by molar-refractivity contribution is -0.0523. The predicted molar refractivity (Wildman–Crippen MR) is 96.8 cm³/mol. The Morgan fingerprint density at radius 2 is 2.04 bits per heavy atom. The largest absolute Gasteiger partial charge is 0.385 e. The molecule has 2 saturated heterocycles. The topological polar surface area (TPSA) is 83.7 Å². The van der Waals surface area contributed by atoms with Crippen LogP contribution in [-0.4, -0.2) is 71.7 Å². The van der Waals surface area contributed by atoms with Gasteiger partial charge in [0.05, 0.1) is 13.2 Å². The molecule has 2 aliphatic rings. The minimum absolute atomic E-state index is 0.286. The summed E-state index contributed by atoms with van der Waals surface area (Å²) in [7, 11) is 0. The van der Waals surface area contributed by atoms with E-state index in [9.17, 15) is 5.11 Å². The van der Waals surface area contributed by atoms with Crippen molar-refractivity contribution in [3.05, 3.63) is 36.2 Å². The normalized spacial score (nSPS) is 25.9. The summed E-state index contributed by atoms with van der Waals surface area (Å²) in [6, 6.07) is 9.89. The molecule has 0 spiro atoms. The third-order valence-electron chi connectivity index (χ3n) is 5.18. The van der Waals surface area contributed by atoms with Crippen molar-refractivity contribution in [1.29, 1.82) is 0 Å². The Bertz CT molecular complexity index is 690. The van der Waals surface area contributed by atoms with Crippen LogP contribution in [0, 0.1) is 0 Å². The summed E-state index contributed by atoms with van der Waals surface area (Å²) in [5.74, 6) is 1.66. The molecule has 1 aromatic carbocycles. The molecule has 0 amide bonds. The number of aromatic nitrogens is 2. The molecular formula is C19H26N4O3. The van der Waals surface area contributed by atoms with Crippen molar-refractivity contribution in [1.82, 2.24) is 20.4 Å². The van der Waals surface area contributed by atoms with Gasteiger partial charge in [0.25, 0.3) is 0 Å². The van der Waals surface area contributed by atoms with Crippen LogP contribution in [-0.2, 0) is 4.74 Å². The van der Waals surface area contributed by atoms with Gasteiger partial charge in [-0.1, -0.05) is 35.5 Å². The van der Waals surface area contributed by atoms with Crippen molar-refractivity contribution in [2.75, 3.05) is 45.9 Å². The summed E-state index contributed by atoms with van der Waals surface area (Å²) in [6.07, 6.45) is 1.92. The number of piperidine rings is 1. The SMILES string of the molecule is O[C@]1(CN2CCC(c3nc(-c4ccccc4)no3)CC2)CNCCOC1. The summed E-state index contributed by atoms with van der Waals surface area (Å²) in [6.45, 7) is 4.88. The van der Waals surface area contributed by atoms with Crippen molar-refractivity contribution in [2.24, 2.45) is 0 Å². The fourth-order valence-electron chi connectivity index (χ4n) is 3.74. The molecular weight excluding hydrogens is 332 g/mol. The van der Waals surface area contributed by atoms with E-state index in [4.69, 9.17) is 9.26 Å². The van der Waals surface area contributed by atoms with Gasteiger partial charge in [-0.05, 0) is 25.9 Å². The van der Waals surface area contributed by atoms with E-state index in [1.165, 1.54) is 0 Å². The number of nitrogens with one attached hydrogen (secondary N) is 1. The molecule has 140 valence electrons. The predicted octanol–water partition coefficient (Wildman–Crippen LogP) is 1.27. The molecule has 7 heteroatoms. The first-order valence-corrected chi connectivity index (χ1v) is 9.34. The zero-order valence-corrected chi connectivity index (χ0v) is 14.9. The van der Waals surface area contributed by atoms with Gasteiger partial charge in [0, 0.05) is 31.1 Å². The number of likely N-dealkylation sites (tertiary alicyclic amines) is 1. The highest BCUT2D eigenvalue weighted by Gasteiger charge is 2.34. The van der Waals surface area contributed by atoms with Gasteiger partial charge in [-0.15, -0.1) is 0 Å². The van der Waals surface area contributed by atoms with Crippen LogP contribution in [0.3, 0.4) is 0 Å². The number of β-amino-alcohol motifs (C(OH)–C–C–N with tert-alkyl or cyclic N) is 1. The van der Waals surface area contributed by atoms with Gasteiger partial charge in [-0.3, -0.25) is 0 Å². The first-order chi connectivity index (χ1) is 12.7. The molecule has 0 aliphatic carbocycles. The minimum atomic E-state index is -0.811. The molecule has 0 saturated carbocycles. The second-order valence-electron chi connectivity index (χ2n) is 7.33. The Kier molecular flexibility index (Phi) is 5.31. The lowest BCUT2D eigenvalue weighted by Crippen LogP contribution is -2.52. The molecule has 4 rings (SSSR count). The number of benzene rings is 1. The molecule has 7 nitrogen and oxygen atoms in total. The Morgan fingerprint density at radius 3 is 2.85 bits per heavy atom. The molecule has 0 unspecified atom stereocenters. The number of rotatable bonds is 4. The summed E-state index contributed by atoms with van der Waals surface area (Å²) >= 11 is 0. The highest BCUT2D eigenvalue weighted by atomic mass is 16.5. The number of ether oxygens (including phenoxy) is 1. The zero-order chi connectivity index (χ0) is 17.8. The molecule has 1 aromatic heterocycles. The molecule has 1 atom stereocenters. The molecule has 3 heterocycles. The van der Waals surface area contributed by atoms with Crippen molar-refractivity contribution >= 4 is 0 Å². The number of hydrogen-bond donors (Lipinski definition) is 2. The van der Waals surface area contributed by atoms with Crippen molar-refractivity contribution in [3.63, 3.8) is 0 Å². The summed E-state index contributed by atoms with van der Waals surface area (Å²) in [5.41, 5.74) is 0.164. The zero-order valence-electron chi connectivity index (χ0n) is 14.9. The highest BCUT2D eigenvalue weighted by molar-refractivity contribution is 5.53. The van der Waals surface area contributed by atoms with Crippen LogP contribution in [0.4, 0.5) is 0 Å². The lowest BCUT2D eigenvalue weighted by atomic mass is 9.95. The average Bonchev–Trinajstić information content (AvgIpc) is 3.07. The maximum atomic E-state index is 10.7. The van der Waals surface area contributed by atoms with Gasteiger partial charge < -0.3 is 24.6 Å². The van der Waals surface area contributed by atoms with Crippen LogP contribution in [0.15, 0.2) is 34.9 Å². The Hall–Kier alpha value is -1.80. The van der Waals surface area contributed by atoms with E-state index in [-0.39, 0.29) is 5.92 Å². The molecule has 2 N–H and O–H groups in total. The van der Waals surface area contributed by atoms with Crippen molar-refractivity contribution in [3.8, 4) is 11.4 Å². The van der Waals surface area contributed by atoms with Crippen LogP contribution in [0.2, 0.25) is 0 Å². The second kappa shape index (κ2) is 7.84. The third-order valence-corrected chi connectivity index (χ3v) is 5.18. The minimum Gasteiger partial charge on any atom is -0.385 e. The van der Waals surface area contributed by atoms with Gasteiger partial charge in [-0.25, -0.2) is 0 Å². The Balaban J connectivity index is 1.33. The van der Waals surface area contributed by atoms with Crippen LogP contribution >= 0.6 is 0 Å². The maximum Gasteiger partial charge on any atom is 0.230 e. The number of nitrogens with zero attached hydrogens (tertiary/aromatic N) is 3. The van der Waals surface area contributed by atoms with Gasteiger partial charge in [0.2, 0.25) is 11.7 Å². The Labute approximate surface area is 153 Å². The Morgan fingerprint density at radius 1 is 1.23 bits per heavy atom. The molecule has 0 bridgehead atoms. The highest BCUT2D eigenvalue weighted by Crippen LogP contribution is 2.29. The van der Waals surface area contributed by atoms with Crippen LogP contribution in [0.5, 0.6) is 0 Å². The standard InChI is InChI=1S/C19H26N4O3/c24-19(12-20-8-11-25-14-19)13-23-9-6-16(7-10-23)18-21-17(22-26-18)15-4-2-1-3-5-15/h1-5,16,20,24H,6-14H2/t19-/m0/s1. The van der Waals surface area contributed by atoms with Gasteiger partial charge >= 0.3 is 0 Å². The lowest BCUT2D eigenvalue weighted by Gasteiger charge is -2.36. The van der Waals surface area contributed by atoms with Gasteiger partial charge in [0.1, 0.15) is 5.60 Å². The summed E-state index contributed by atoms with van der Waals surface area (Å²) in [5, 5.41) is 18.1. The van der Waals surface area contributed by atoms with Gasteiger partial charge in [0.15, 0.2) is 0 Å². The molecule has 26 heavy (non-hydrogen) atoms. The fourth-order valence-corrected chi connectivity index (χ4v) is 3.74. The smallest absolute Gasteiger partial charge is 0.230 e. The van der Waals surface area contributed by atoms with Crippen molar-refractivity contribution in [2.45, 2.75) is 24.4 Å². The molecule has 2 aliphatic heterocycles. The van der Waals surface area contributed by atoms with E-state index in [1.807, 2.05) is 30.3 Å². The third kappa shape index (κ3) is 4.12. The fraction of sp³-hybridized carbons (Fsp3) is 0.579. The summed E-state index contributed by atoms with van der Waals surface area (Å²) in [4.78, 5) is 6.90. The number of hydrogen-bond acceptors (Lipinski definition) is 7. The molecule has 2 aromatic rings. The second-order valence-corrected chi connectivity index (χ2v) is 7.33. The quantitative estimate of drug-likeness (QED) is 0.851. The van der Waals surface area contributed by atoms with Crippen molar-refractivity contribution < 1.29 is 14.4 Å². The first kappa shape index (κ1) is 17.6. The van der Waals surface area contributed by atoms with Crippen LogP contribution < -0.4 is 5.32 Å². The monoisotopic (exact) mass is 358 g/mol. The van der Waals surface area contributed by atoms with E-state index in [1.54, 1.807) is 0 Å². The van der Waals surface area contributed by atoms with E-state index in [0.29, 0.717) is 32.1 Å². The molecule has 0 radical (unpaired) electrons. The van der Waals surface area contributed by atoms with Crippen LogP contribution in [0.25, 0.3) is 11.4 Å². The van der Waals surface area contributed by atoms with E-state index >= 15 is 0 Å². The summed E-state index contributed by atoms with van der Waals surface area (Å²) < 4.78 is 11.0. The number of aliphatic hydroxyl groups is 1. The average molecular weight is 358 g/mol. The van der Waals surface area contributed by atoms with Gasteiger partial charge in [-0.2, -0.15) is 4.98 Å². The van der Waals surface area contributed by atoms with Crippen LogP contribution in [0.1, 0.15) is 24.7 Å².